The first-order valence-corrected chi connectivity index (χ1v) is 3.74. The molecule has 0 amide bonds. The van der Waals surface area contributed by atoms with Crippen LogP contribution in [0.1, 0.15) is 11.5 Å². The van der Waals surface area contributed by atoms with E-state index in [0.29, 0.717) is 0 Å². The molecule has 0 fully saturated rings. The average Bonchev–Trinajstić information content (AvgIpc) is 2.63. The zero-order valence-electron chi connectivity index (χ0n) is 7.24. The minimum atomic E-state index is 0.856. The number of nitrogens with zero attached hydrogens (tertiary/aromatic N) is 1. The van der Waals surface area contributed by atoms with Gasteiger partial charge in [-0.05, 0) is 26.0 Å². The average molecular weight is 164 g/mol. The first-order chi connectivity index (χ1) is 5.79. The SMILES string of the molecule is Cc1ccc[nH]1.Cc1cnco1. The molecule has 1 N–H and O–H groups in total. The predicted molar refractivity (Wildman–Crippen MR) is 46.8 cm³/mol. The third kappa shape index (κ3) is 3.05. The fourth-order valence-electron chi connectivity index (χ4n) is 0.700. The van der Waals surface area contributed by atoms with E-state index in [1.165, 1.54) is 12.1 Å². The van der Waals surface area contributed by atoms with Crippen molar-refractivity contribution in [1.82, 2.24) is 9.97 Å². The molecule has 0 aliphatic heterocycles. The van der Waals surface area contributed by atoms with E-state index in [1.807, 2.05) is 32.2 Å². The minimum absolute atomic E-state index is 0.856. The molecule has 2 aromatic rings. The Morgan fingerprint density at radius 1 is 1.42 bits per heavy atom. The van der Waals surface area contributed by atoms with E-state index in [0.717, 1.165) is 5.76 Å². The van der Waals surface area contributed by atoms with Gasteiger partial charge in [0.05, 0.1) is 6.20 Å². The number of hydrogen-bond acceptors (Lipinski definition) is 2. The Kier molecular flexibility index (Phi) is 3.14. The molecule has 0 atom stereocenters. The molecule has 0 bridgehead atoms. The van der Waals surface area contributed by atoms with Crippen LogP contribution in [0.15, 0.2) is 35.3 Å². The highest BCUT2D eigenvalue weighted by Gasteiger charge is 1.77. The van der Waals surface area contributed by atoms with Gasteiger partial charge in [-0.25, -0.2) is 4.98 Å². The summed E-state index contributed by atoms with van der Waals surface area (Å²) >= 11 is 0. The van der Waals surface area contributed by atoms with Crippen LogP contribution in [0, 0.1) is 13.8 Å². The highest BCUT2D eigenvalue weighted by atomic mass is 16.3. The van der Waals surface area contributed by atoms with Gasteiger partial charge in [0.25, 0.3) is 0 Å². The predicted octanol–water partition coefficient (Wildman–Crippen LogP) is 2.31. The second-order valence-corrected chi connectivity index (χ2v) is 2.47. The summed E-state index contributed by atoms with van der Waals surface area (Å²) in [5, 5.41) is 0. The van der Waals surface area contributed by atoms with E-state index in [4.69, 9.17) is 4.42 Å². The number of aromatic nitrogens is 2. The molecule has 0 saturated carbocycles. The molecule has 0 aliphatic rings. The maximum atomic E-state index is 4.72. The smallest absolute Gasteiger partial charge is 0.180 e. The topological polar surface area (TPSA) is 41.8 Å². The number of nitrogens with one attached hydrogen (secondary N) is 1. The Labute approximate surface area is 71.4 Å². The lowest BCUT2D eigenvalue weighted by Crippen LogP contribution is -1.59. The zero-order valence-corrected chi connectivity index (χ0v) is 7.24. The van der Waals surface area contributed by atoms with E-state index < -0.39 is 0 Å². The molecule has 2 aromatic heterocycles. The van der Waals surface area contributed by atoms with Crippen LogP contribution in [-0.2, 0) is 0 Å². The molecule has 0 spiro atoms. The van der Waals surface area contributed by atoms with Crippen molar-refractivity contribution in [2.45, 2.75) is 13.8 Å². The van der Waals surface area contributed by atoms with Crippen LogP contribution in [0.5, 0.6) is 0 Å². The first-order valence-electron chi connectivity index (χ1n) is 3.74. The van der Waals surface area contributed by atoms with E-state index >= 15 is 0 Å². The number of hydrogen-bond donors (Lipinski definition) is 1. The van der Waals surface area contributed by atoms with Crippen molar-refractivity contribution in [3.63, 3.8) is 0 Å². The monoisotopic (exact) mass is 164 g/mol. The van der Waals surface area contributed by atoms with Gasteiger partial charge in [-0.1, -0.05) is 0 Å². The minimum Gasteiger partial charge on any atom is -0.449 e. The molecule has 0 radical (unpaired) electrons. The molecule has 2 heterocycles. The maximum absolute atomic E-state index is 4.72. The summed E-state index contributed by atoms with van der Waals surface area (Å²) in [6.45, 7) is 3.88. The van der Waals surface area contributed by atoms with Gasteiger partial charge in [-0.3, -0.25) is 0 Å². The fraction of sp³-hybridized carbons (Fsp3) is 0.222. The summed E-state index contributed by atoms with van der Waals surface area (Å²) in [7, 11) is 0. The van der Waals surface area contributed by atoms with Gasteiger partial charge in [-0.2, -0.15) is 0 Å². The molecule has 3 nitrogen and oxygen atoms in total. The van der Waals surface area contributed by atoms with E-state index in [1.54, 1.807) is 6.20 Å². The molecular formula is C9H12N2O. The van der Waals surface area contributed by atoms with Gasteiger partial charge in [-0.15, -0.1) is 0 Å². The third-order valence-corrected chi connectivity index (χ3v) is 1.31. The van der Waals surface area contributed by atoms with Crippen molar-refractivity contribution in [3.05, 3.63) is 42.4 Å². The molecular weight excluding hydrogens is 152 g/mol. The van der Waals surface area contributed by atoms with Crippen molar-refractivity contribution >= 4 is 0 Å². The highest BCUT2D eigenvalue weighted by molar-refractivity contribution is 4.99. The lowest BCUT2D eigenvalue weighted by Gasteiger charge is -1.70. The molecule has 12 heavy (non-hydrogen) atoms. The molecule has 0 saturated heterocycles. The van der Waals surface area contributed by atoms with Crippen LogP contribution in [0.25, 0.3) is 0 Å². The summed E-state index contributed by atoms with van der Waals surface area (Å²) in [4.78, 5) is 6.66. The first kappa shape index (κ1) is 8.59. The largest absolute Gasteiger partial charge is 0.449 e. The molecule has 3 heteroatoms. The van der Waals surface area contributed by atoms with E-state index in [-0.39, 0.29) is 0 Å². The normalized spacial score (nSPS) is 8.83. The highest BCUT2D eigenvalue weighted by Crippen LogP contribution is 1.88. The standard InChI is InChI=1S/C5H7N.C4H5NO/c1-5-3-2-4-6-5;1-4-2-5-3-6-4/h2-4,6H,1H3;2-3H,1H3. The second kappa shape index (κ2) is 4.38. The number of H-pyrrole nitrogens is 1. The van der Waals surface area contributed by atoms with Crippen LogP contribution in [0.4, 0.5) is 0 Å². The Balaban J connectivity index is 0.000000120. The van der Waals surface area contributed by atoms with Crippen LogP contribution in [-0.4, -0.2) is 9.97 Å². The Morgan fingerprint density at radius 2 is 2.25 bits per heavy atom. The van der Waals surface area contributed by atoms with E-state index in [2.05, 4.69) is 9.97 Å². The van der Waals surface area contributed by atoms with Crippen molar-refractivity contribution in [1.29, 1.82) is 0 Å². The number of aryl methyl sites for hydroxylation is 2. The Hall–Kier alpha value is -1.51. The van der Waals surface area contributed by atoms with Crippen LogP contribution in [0.2, 0.25) is 0 Å². The zero-order chi connectivity index (χ0) is 8.81. The maximum Gasteiger partial charge on any atom is 0.180 e. The fourth-order valence-corrected chi connectivity index (χ4v) is 0.700. The molecule has 64 valence electrons. The van der Waals surface area contributed by atoms with Gasteiger partial charge in [0, 0.05) is 11.9 Å². The lowest BCUT2D eigenvalue weighted by molar-refractivity contribution is 0.527. The molecule has 0 aliphatic carbocycles. The lowest BCUT2D eigenvalue weighted by atomic mass is 10.5. The Morgan fingerprint density at radius 3 is 2.42 bits per heavy atom. The summed E-state index contributed by atoms with van der Waals surface area (Å²) in [6, 6.07) is 4.01. The van der Waals surface area contributed by atoms with Crippen molar-refractivity contribution < 1.29 is 4.42 Å². The van der Waals surface area contributed by atoms with Gasteiger partial charge in [0.15, 0.2) is 6.39 Å². The van der Waals surface area contributed by atoms with Crippen LogP contribution >= 0.6 is 0 Å². The third-order valence-electron chi connectivity index (χ3n) is 1.31. The van der Waals surface area contributed by atoms with Gasteiger partial charge in [0.1, 0.15) is 5.76 Å². The summed E-state index contributed by atoms with van der Waals surface area (Å²) < 4.78 is 4.72. The van der Waals surface area contributed by atoms with Gasteiger partial charge < -0.3 is 9.40 Å². The quantitative estimate of drug-likeness (QED) is 0.649. The summed E-state index contributed by atoms with van der Waals surface area (Å²) in [5.74, 6) is 0.856. The van der Waals surface area contributed by atoms with Crippen LogP contribution in [0.3, 0.4) is 0 Å². The van der Waals surface area contributed by atoms with Crippen molar-refractivity contribution in [2.24, 2.45) is 0 Å². The molecule has 2 rings (SSSR count). The van der Waals surface area contributed by atoms with E-state index in [9.17, 15) is 0 Å². The summed E-state index contributed by atoms with van der Waals surface area (Å²) in [6.07, 6.45) is 4.99. The molecule has 0 unspecified atom stereocenters. The number of oxazole rings is 1. The van der Waals surface area contributed by atoms with Crippen molar-refractivity contribution in [2.75, 3.05) is 0 Å². The van der Waals surface area contributed by atoms with Crippen LogP contribution < -0.4 is 0 Å². The van der Waals surface area contributed by atoms with Crippen molar-refractivity contribution in [3.8, 4) is 0 Å². The molecule has 0 aromatic carbocycles. The Bertz CT molecular complexity index is 252. The van der Waals surface area contributed by atoms with Gasteiger partial charge in [0.2, 0.25) is 0 Å². The second-order valence-electron chi connectivity index (χ2n) is 2.47. The number of aromatic amines is 1. The van der Waals surface area contributed by atoms with Gasteiger partial charge >= 0.3 is 0 Å². The number of rotatable bonds is 0. The summed E-state index contributed by atoms with van der Waals surface area (Å²) in [5.41, 5.74) is 1.22.